The molecule has 10 heteroatoms. The van der Waals surface area contributed by atoms with Crippen LogP contribution in [-0.2, 0) is 11.2 Å². The topological polar surface area (TPSA) is 163 Å². The van der Waals surface area contributed by atoms with E-state index in [0.29, 0.717) is 38.5 Å². The molecule has 0 unspecified atom stereocenters. The number of hydrogen-bond acceptors (Lipinski definition) is 3. The standard InChI is InChI=1S/C19H16ClNO4.K.3H2O.H/c1-11-15(10-18(22)23)16-9-14(25-2)7-8-17(16)21(11)19(24)12-3-5-13(20)6-4-12;;;;;/h3-9H,10H2,1-2H3,(H,22,23);;3*1H2;. The molecule has 0 bridgehead atoms. The van der Waals surface area contributed by atoms with Crippen LogP contribution in [0.5, 0.6) is 5.75 Å². The zero-order chi connectivity index (χ0) is 18.1. The van der Waals surface area contributed by atoms with Crippen molar-refractivity contribution in [2.75, 3.05) is 7.11 Å². The molecule has 0 atom stereocenters. The maximum atomic E-state index is 13.0. The summed E-state index contributed by atoms with van der Waals surface area (Å²) in [6.45, 7) is 1.75. The van der Waals surface area contributed by atoms with Crippen molar-refractivity contribution < 1.29 is 35.9 Å². The Hall–Kier alpha value is -1.27. The molecule has 1 aromatic heterocycles. The molecule has 29 heavy (non-hydrogen) atoms. The summed E-state index contributed by atoms with van der Waals surface area (Å²) in [5.74, 6) is -0.583. The van der Waals surface area contributed by atoms with E-state index in [1.165, 1.54) is 4.57 Å². The second-order valence-electron chi connectivity index (χ2n) is 5.67. The fraction of sp³-hybridized carbons (Fsp3) is 0.158. The van der Waals surface area contributed by atoms with Gasteiger partial charge in [-0.3, -0.25) is 14.2 Å². The van der Waals surface area contributed by atoms with Gasteiger partial charge in [0.2, 0.25) is 0 Å². The van der Waals surface area contributed by atoms with Crippen LogP contribution >= 0.6 is 11.6 Å². The van der Waals surface area contributed by atoms with E-state index in [1.807, 2.05) is 0 Å². The van der Waals surface area contributed by atoms with E-state index in [0.717, 1.165) is 0 Å². The van der Waals surface area contributed by atoms with Crippen LogP contribution in [0.1, 0.15) is 21.6 Å². The Bertz CT molecular complexity index is 986. The molecule has 154 valence electrons. The van der Waals surface area contributed by atoms with Crippen LogP contribution in [0.4, 0.5) is 0 Å². The number of aliphatic carboxylic acids is 1. The summed E-state index contributed by atoms with van der Waals surface area (Å²) in [5.41, 5.74) is 2.32. The summed E-state index contributed by atoms with van der Waals surface area (Å²) in [6.07, 6.45) is -0.170. The summed E-state index contributed by atoms with van der Waals surface area (Å²) in [4.78, 5) is 24.3. The van der Waals surface area contributed by atoms with E-state index in [2.05, 4.69) is 0 Å². The predicted molar refractivity (Wildman–Crippen MR) is 114 cm³/mol. The van der Waals surface area contributed by atoms with Crippen LogP contribution in [0.15, 0.2) is 42.5 Å². The van der Waals surface area contributed by atoms with Crippen LogP contribution in [0, 0.1) is 6.92 Å². The fourth-order valence-corrected chi connectivity index (χ4v) is 3.07. The van der Waals surface area contributed by atoms with Crippen molar-refractivity contribution in [2.24, 2.45) is 0 Å². The molecule has 0 aliphatic carbocycles. The van der Waals surface area contributed by atoms with Gasteiger partial charge in [0.15, 0.2) is 0 Å². The predicted octanol–water partition coefficient (Wildman–Crippen LogP) is 0.805. The van der Waals surface area contributed by atoms with E-state index in [1.54, 1.807) is 56.5 Å². The summed E-state index contributed by atoms with van der Waals surface area (Å²) in [7, 11) is 1.54. The number of ether oxygens (including phenoxy) is 1. The van der Waals surface area contributed by atoms with Gasteiger partial charge in [-0.05, 0) is 55.0 Å². The number of carboxylic acid groups (broad SMARTS) is 1. The molecule has 3 aromatic rings. The van der Waals surface area contributed by atoms with E-state index in [4.69, 9.17) is 16.3 Å². The van der Waals surface area contributed by atoms with Gasteiger partial charge in [0.25, 0.3) is 5.91 Å². The number of nitrogens with zero attached hydrogens (tertiary/aromatic N) is 1. The minimum atomic E-state index is -0.955. The summed E-state index contributed by atoms with van der Waals surface area (Å²) in [6, 6.07) is 11.9. The molecule has 0 fully saturated rings. The summed E-state index contributed by atoms with van der Waals surface area (Å²) in [5, 5.41) is 10.5. The first-order valence-electron chi connectivity index (χ1n) is 7.62. The molecule has 1 heterocycles. The average Bonchev–Trinajstić information content (AvgIpc) is 2.86. The second kappa shape index (κ2) is 12.4. The Morgan fingerprint density at radius 1 is 1.07 bits per heavy atom. The minimum absolute atomic E-state index is 0. The SMILES string of the molecule is COc1ccc2c(c1)c(CC(=O)O)c(C)n2C(=O)c1ccc(Cl)cc1.O.O.O.[KH]. The second-order valence-corrected chi connectivity index (χ2v) is 6.10. The van der Waals surface area contributed by atoms with Crippen molar-refractivity contribution in [2.45, 2.75) is 13.3 Å². The third-order valence-corrected chi connectivity index (χ3v) is 4.42. The van der Waals surface area contributed by atoms with Crippen molar-refractivity contribution in [3.05, 3.63) is 64.3 Å². The average molecular weight is 452 g/mol. The molecule has 0 aliphatic heterocycles. The Labute approximate surface area is 214 Å². The molecule has 0 amide bonds. The molecule has 0 radical (unpaired) electrons. The number of hydrogen-bond donors (Lipinski definition) is 1. The number of carbonyl (C=O) groups is 2. The van der Waals surface area contributed by atoms with E-state index < -0.39 is 5.97 Å². The van der Waals surface area contributed by atoms with Crippen LogP contribution in [0.25, 0.3) is 10.9 Å². The first-order valence-corrected chi connectivity index (χ1v) is 8.00. The molecule has 3 rings (SSSR count). The number of rotatable bonds is 4. The quantitative estimate of drug-likeness (QED) is 0.580. The van der Waals surface area contributed by atoms with Crippen molar-refractivity contribution in [3.63, 3.8) is 0 Å². The number of carbonyl (C=O) groups excluding carboxylic acids is 1. The van der Waals surface area contributed by atoms with Gasteiger partial charge in [0.05, 0.1) is 19.0 Å². The van der Waals surface area contributed by atoms with Gasteiger partial charge in [-0.15, -0.1) is 0 Å². The number of aromatic nitrogens is 1. The Morgan fingerprint density at radius 3 is 2.17 bits per heavy atom. The zero-order valence-corrected chi connectivity index (χ0v) is 16.0. The molecule has 0 aliphatic rings. The van der Waals surface area contributed by atoms with Crippen molar-refractivity contribution >= 4 is 85.8 Å². The van der Waals surface area contributed by atoms with Crippen molar-refractivity contribution in [3.8, 4) is 5.75 Å². The molecule has 0 spiro atoms. The summed E-state index contributed by atoms with van der Waals surface area (Å²) >= 11 is 5.89. The van der Waals surface area contributed by atoms with Crippen LogP contribution in [-0.4, -0.2) is 96.5 Å². The van der Waals surface area contributed by atoms with Gasteiger partial charge in [-0.2, -0.15) is 0 Å². The van der Waals surface area contributed by atoms with Crippen LogP contribution in [0.3, 0.4) is 0 Å². The van der Waals surface area contributed by atoms with E-state index in [9.17, 15) is 14.7 Å². The van der Waals surface area contributed by atoms with Crippen molar-refractivity contribution in [1.82, 2.24) is 4.57 Å². The molecule has 0 saturated carbocycles. The van der Waals surface area contributed by atoms with Gasteiger partial charge in [0, 0.05) is 21.7 Å². The van der Waals surface area contributed by atoms with E-state index >= 15 is 0 Å². The number of methoxy groups -OCH3 is 1. The normalized spacial score (nSPS) is 9.34. The number of benzene rings is 2. The molecule has 7 N–H and O–H groups in total. The summed E-state index contributed by atoms with van der Waals surface area (Å²) < 4.78 is 6.77. The number of fused-ring (bicyclic) bond motifs is 1. The maximum absolute atomic E-state index is 13.0. The molecule has 8 nitrogen and oxygen atoms in total. The third-order valence-electron chi connectivity index (χ3n) is 4.16. The Morgan fingerprint density at radius 2 is 1.66 bits per heavy atom. The van der Waals surface area contributed by atoms with E-state index in [-0.39, 0.29) is 80.1 Å². The van der Waals surface area contributed by atoms with Crippen LogP contribution < -0.4 is 4.74 Å². The monoisotopic (exact) mass is 451 g/mol. The molecular weight excluding hydrogens is 429 g/mol. The van der Waals surface area contributed by atoms with Gasteiger partial charge >= 0.3 is 57.4 Å². The number of carboxylic acids is 1. The van der Waals surface area contributed by atoms with Gasteiger partial charge in [-0.1, -0.05) is 11.6 Å². The Kier molecular flexibility index (Phi) is 12.8. The Balaban J connectivity index is 0. The molecule has 0 saturated heterocycles. The third kappa shape index (κ3) is 6.11. The zero-order valence-electron chi connectivity index (χ0n) is 15.2. The number of halogens is 1. The first kappa shape index (κ1) is 29.9. The van der Waals surface area contributed by atoms with Gasteiger partial charge < -0.3 is 26.3 Å². The molecule has 2 aromatic carbocycles. The van der Waals surface area contributed by atoms with Gasteiger partial charge in [-0.25, -0.2) is 0 Å². The van der Waals surface area contributed by atoms with Crippen molar-refractivity contribution in [1.29, 1.82) is 0 Å². The molecular formula is C19H23ClKNO7. The van der Waals surface area contributed by atoms with Gasteiger partial charge in [0.1, 0.15) is 5.75 Å². The first-order chi connectivity index (χ1) is 11.9. The van der Waals surface area contributed by atoms with Crippen LogP contribution in [0.2, 0.25) is 5.02 Å². The fourth-order valence-electron chi connectivity index (χ4n) is 2.95.